The zero-order valence-corrected chi connectivity index (χ0v) is 14.8. The molecule has 0 radical (unpaired) electrons. The first kappa shape index (κ1) is 18.7. The summed E-state index contributed by atoms with van der Waals surface area (Å²) < 4.78 is 0. The van der Waals surface area contributed by atoms with Crippen LogP contribution < -0.4 is 0 Å². The van der Waals surface area contributed by atoms with Gasteiger partial charge in [-0.1, -0.05) is 55.5 Å². The predicted molar refractivity (Wildman–Crippen MR) is 98.8 cm³/mol. The normalized spacial score (nSPS) is 11.8. The van der Waals surface area contributed by atoms with Gasteiger partial charge < -0.3 is 10.0 Å². The zero-order valence-electron chi connectivity index (χ0n) is 14.8. The fraction of sp³-hybridized carbons (Fsp3) is 0.333. The number of carboxylic acid groups (broad SMARTS) is 1. The van der Waals surface area contributed by atoms with E-state index in [4.69, 9.17) is 0 Å². The average molecular weight is 339 g/mol. The maximum atomic E-state index is 12.7. The Kier molecular flexibility index (Phi) is 6.75. The Morgan fingerprint density at radius 2 is 1.64 bits per heavy atom. The van der Waals surface area contributed by atoms with Crippen LogP contribution in [-0.4, -0.2) is 35.0 Å². The van der Waals surface area contributed by atoms with Gasteiger partial charge in [-0.2, -0.15) is 0 Å². The maximum Gasteiger partial charge on any atom is 0.335 e. The fourth-order valence-electron chi connectivity index (χ4n) is 3.03. The minimum atomic E-state index is -0.998. The van der Waals surface area contributed by atoms with Crippen molar-refractivity contribution < 1.29 is 14.7 Å². The van der Waals surface area contributed by atoms with E-state index in [0.717, 1.165) is 6.42 Å². The Bertz CT molecular complexity index is 712. The Morgan fingerprint density at radius 3 is 2.24 bits per heavy atom. The molecule has 1 amide bonds. The summed E-state index contributed by atoms with van der Waals surface area (Å²) in [4.78, 5) is 25.9. The van der Waals surface area contributed by atoms with E-state index < -0.39 is 5.97 Å². The molecule has 2 aromatic carbocycles. The van der Waals surface area contributed by atoms with Crippen LogP contribution >= 0.6 is 0 Å². The van der Waals surface area contributed by atoms with Gasteiger partial charge in [0, 0.05) is 19.0 Å². The molecule has 0 saturated heterocycles. The van der Waals surface area contributed by atoms with Crippen LogP contribution in [0, 0.1) is 0 Å². The highest BCUT2D eigenvalue weighted by molar-refractivity contribution is 5.91. The quantitative estimate of drug-likeness (QED) is 0.792. The second kappa shape index (κ2) is 9.02. The molecule has 0 bridgehead atoms. The van der Waals surface area contributed by atoms with Crippen molar-refractivity contribution >= 4 is 11.9 Å². The summed E-state index contributed by atoms with van der Waals surface area (Å²) in [6.07, 6.45) is 1.06. The number of aromatic carboxylic acids is 1. The van der Waals surface area contributed by atoms with E-state index in [1.807, 2.05) is 30.0 Å². The number of likely N-dealkylation sites (N-methyl/N-ethyl adjacent to an activating group) is 1. The third-order valence-electron chi connectivity index (χ3n) is 4.53. The van der Waals surface area contributed by atoms with Crippen molar-refractivity contribution in [2.24, 2.45) is 0 Å². The molecule has 4 heteroatoms. The van der Waals surface area contributed by atoms with E-state index in [-0.39, 0.29) is 23.8 Å². The van der Waals surface area contributed by atoms with Gasteiger partial charge in [-0.05, 0) is 30.5 Å². The molecule has 25 heavy (non-hydrogen) atoms. The molecule has 4 nitrogen and oxygen atoms in total. The maximum absolute atomic E-state index is 12.7. The minimum Gasteiger partial charge on any atom is -0.478 e. The van der Waals surface area contributed by atoms with Crippen LogP contribution in [0.3, 0.4) is 0 Å². The Balaban J connectivity index is 2.12. The van der Waals surface area contributed by atoms with Gasteiger partial charge >= 0.3 is 5.97 Å². The summed E-state index contributed by atoms with van der Waals surface area (Å²) in [5, 5.41) is 9.28. The van der Waals surface area contributed by atoms with Crippen LogP contribution in [0.25, 0.3) is 0 Å². The lowest BCUT2D eigenvalue weighted by Crippen LogP contribution is -2.35. The van der Waals surface area contributed by atoms with E-state index >= 15 is 0 Å². The number of rotatable bonds is 8. The number of carboxylic acids is 1. The first-order chi connectivity index (χ1) is 12.1. The number of hydrogen-bond acceptors (Lipinski definition) is 2. The van der Waals surface area contributed by atoms with E-state index in [1.54, 1.807) is 24.3 Å². The number of hydrogen-bond donors (Lipinski definition) is 1. The number of carbonyl (C=O) groups is 2. The molecular weight excluding hydrogens is 314 g/mol. The van der Waals surface area contributed by atoms with Gasteiger partial charge in [-0.15, -0.1) is 0 Å². The molecule has 1 unspecified atom stereocenters. The highest BCUT2D eigenvalue weighted by Gasteiger charge is 2.20. The second-order valence-corrected chi connectivity index (χ2v) is 6.09. The van der Waals surface area contributed by atoms with E-state index in [9.17, 15) is 14.7 Å². The SMILES string of the molecule is CCC(CN(CC)C(=O)Cc1ccccc1C(=O)O)c1ccccc1. The fourth-order valence-corrected chi connectivity index (χ4v) is 3.03. The lowest BCUT2D eigenvalue weighted by Gasteiger charge is -2.26. The largest absolute Gasteiger partial charge is 0.478 e. The van der Waals surface area contributed by atoms with Crippen molar-refractivity contribution in [3.8, 4) is 0 Å². The topological polar surface area (TPSA) is 57.6 Å². The molecule has 0 spiro atoms. The first-order valence-electron chi connectivity index (χ1n) is 8.70. The summed E-state index contributed by atoms with van der Waals surface area (Å²) in [5.41, 5.74) is 1.98. The monoisotopic (exact) mass is 339 g/mol. The van der Waals surface area contributed by atoms with E-state index in [2.05, 4.69) is 19.1 Å². The molecule has 0 heterocycles. The molecule has 0 aromatic heterocycles. The van der Waals surface area contributed by atoms with Crippen LogP contribution in [0.1, 0.15) is 47.7 Å². The highest BCUT2D eigenvalue weighted by Crippen LogP contribution is 2.21. The number of benzene rings is 2. The zero-order chi connectivity index (χ0) is 18.2. The van der Waals surface area contributed by atoms with Crippen molar-refractivity contribution in [2.75, 3.05) is 13.1 Å². The van der Waals surface area contributed by atoms with Gasteiger partial charge in [0.15, 0.2) is 0 Å². The predicted octanol–water partition coefficient (Wildman–Crippen LogP) is 3.97. The Labute approximate surface area is 149 Å². The molecule has 0 aliphatic heterocycles. The summed E-state index contributed by atoms with van der Waals surface area (Å²) in [6.45, 7) is 5.33. The van der Waals surface area contributed by atoms with Crippen molar-refractivity contribution in [3.05, 3.63) is 71.3 Å². The van der Waals surface area contributed by atoms with Crippen LogP contribution in [0.5, 0.6) is 0 Å². The van der Waals surface area contributed by atoms with Gasteiger partial charge in [-0.25, -0.2) is 4.79 Å². The van der Waals surface area contributed by atoms with Crippen molar-refractivity contribution in [2.45, 2.75) is 32.6 Å². The Hall–Kier alpha value is -2.62. The lowest BCUT2D eigenvalue weighted by molar-refractivity contribution is -0.130. The van der Waals surface area contributed by atoms with Crippen molar-refractivity contribution in [3.63, 3.8) is 0 Å². The van der Waals surface area contributed by atoms with Crippen LogP contribution in [-0.2, 0) is 11.2 Å². The standard InChI is InChI=1S/C21H25NO3/c1-3-16(17-10-6-5-7-11-17)15-22(4-2)20(23)14-18-12-8-9-13-19(18)21(24)25/h5-13,16H,3-4,14-15H2,1-2H3,(H,24,25). The van der Waals surface area contributed by atoms with E-state index in [0.29, 0.717) is 18.7 Å². The molecule has 0 aliphatic carbocycles. The molecule has 132 valence electrons. The third kappa shape index (κ3) is 4.92. The summed E-state index contributed by atoms with van der Waals surface area (Å²) in [7, 11) is 0. The third-order valence-corrected chi connectivity index (χ3v) is 4.53. The molecule has 0 fully saturated rings. The molecule has 1 atom stereocenters. The minimum absolute atomic E-state index is 0.0365. The molecule has 0 aliphatic rings. The molecule has 1 N–H and O–H groups in total. The smallest absolute Gasteiger partial charge is 0.335 e. The number of carbonyl (C=O) groups excluding carboxylic acids is 1. The second-order valence-electron chi connectivity index (χ2n) is 6.09. The van der Waals surface area contributed by atoms with Gasteiger partial charge in [0.2, 0.25) is 5.91 Å². The van der Waals surface area contributed by atoms with Gasteiger partial charge in [0.1, 0.15) is 0 Å². The molecular formula is C21H25NO3. The Morgan fingerprint density at radius 1 is 1.00 bits per heavy atom. The van der Waals surface area contributed by atoms with Gasteiger partial charge in [0.05, 0.1) is 12.0 Å². The van der Waals surface area contributed by atoms with Gasteiger partial charge in [0.25, 0.3) is 0 Å². The van der Waals surface area contributed by atoms with Crippen molar-refractivity contribution in [1.29, 1.82) is 0 Å². The van der Waals surface area contributed by atoms with Gasteiger partial charge in [-0.3, -0.25) is 4.79 Å². The summed E-state index contributed by atoms with van der Waals surface area (Å²) in [5.74, 6) is -0.757. The van der Waals surface area contributed by atoms with Crippen molar-refractivity contribution in [1.82, 2.24) is 4.90 Å². The van der Waals surface area contributed by atoms with Crippen LogP contribution in [0.2, 0.25) is 0 Å². The summed E-state index contributed by atoms with van der Waals surface area (Å²) >= 11 is 0. The van der Waals surface area contributed by atoms with Crippen LogP contribution in [0.4, 0.5) is 0 Å². The molecule has 0 saturated carbocycles. The van der Waals surface area contributed by atoms with E-state index in [1.165, 1.54) is 5.56 Å². The lowest BCUT2D eigenvalue weighted by atomic mass is 9.95. The first-order valence-corrected chi connectivity index (χ1v) is 8.70. The average Bonchev–Trinajstić information content (AvgIpc) is 2.63. The highest BCUT2D eigenvalue weighted by atomic mass is 16.4. The summed E-state index contributed by atoms with van der Waals surface area (Å²) in [6, 6.07) is 16.9. The number of amides is 1. The van der Waals surface area contributed by atoms with Crippen LogP contribution in [0.15, 0.2) is 54.6 Å². The molecule has 2 rings (SSSR count). The number of nitrogens with zero attached hydrogens (tertiary/aromatic N) is 1. The molecule has 2 aromatic rings.